The highest BCUT2D eigenvalue weighted by molar-refractivity contribution is 9.10. The van der Waals surface area contributed by atoms with Crippen LogP contribution in [-0.2, 0) is 6.54 Å². The third-order valence-electron chi connectivity index (χ3n) is 3.13. The standard InChI is InChI=1S/C17H12BrClN3/c18-14-1-6-17(21-11-14)22(12-13-7-9-20-10-8-13)16-4-2-15(19)3-5-16/h1-5,7-11H,12H2. The molecular formula is C17H12BrClN3. The average molecular weight is 374 g/mol. The number of benzene rings is 1. The Balaban J connectivity index is 1.97. The Labute approximate surface area is 142 Å². The Kier molecular flexibility index (Phi) is 4.71. The van der Waals surface area contributed by atoms with E-state index in [0.29, 0.717) is 11.6 Å². The summed E-state index contributed by atoms with van der Waals surface area (Å²) in [7, 11) is 0. The van der Waals surface area contributed by atoms with Crippen LogP contribution in [0.2, 0.25) is 5.02 Å². The Morgan fingerprint density at radius 1 is 1.09 bits per heavy atom. The molecule has 0 spiro atoms. The normalized spacial score (nSPS) is 10.5. The molecule has 5 heteroatoms. The van der Waals surface area contributed by atoms with Crippen molar-refractivity contribution in [3.8, 4) is 0 Å². The maximum Gasteiger partial charge on any atom is 0.141 e. The van der Waals surface area contributed by atoms with Crippen LogP contribution in [0.1, 0.15) is 5.56 Å². The average Bonchev–Trinajstić information content (AvgIpc) is 2.56. The maximum atomic E-state index is 5.99. The summed E-state index contributed by atoms with van der Waals surface area (Å²) in [6.45, 7) is 0.676. The molecule has 0 saturated heterocycles. The molecule has 3 rings (SSSR count). The van der Waals surface area contributed by atoms with Gasteiger partial charge in [-0.1, -0.05) is 11.6 Å². The lowest BCUT2D eigenvalue weighted by atomic mass is 10.2. The number of nitrogens with zero attached hydrogens (tertiary/aromatic N) is 3. The highest BCUT2D eigenvalue weighted by atomic mass is 79.9. The van der Waals surface area contributed by atoms with Crippen molar-refractivity contribution < 1.29 is 0 Å². The van der Waals surface area contributed by atoms with E-state index in [9.17, 15) is 0 Å². The van der Waals surface area contributed by atoms with Crippen LogP contribution in [0.4, 0.5) is 11.5 Å². The molecule has 22 heavy (non-hydrogen) atoms. The molecule has 0 aliphatic rings. The van der Waals surface area contributed by atoms with Gasteiger partial charge < -0.3 is 4.90 Å². The van der Waals surface area contributed by atoms with E-state index < -0.39 is 0 Å². The second-order valence-corrected chi connectivity index (χ2v) is 6.03. The first-order valence-corrected chi connectivity index (χ1v) is 7.85. The molecule has 3 aromatic rings. The lowest BCUT2D eigenvalue weighted by molar-refractivity contribution is 0.941. The number of pyridine rings is 2. The molecule has 0 atom stereocenters. The fraction of sp³-hybridized carbons (Fsp3) is 0.0588. The van der Waals surface area contributed by atoms with Gasteiger partial charge in [-0.2, -0.15) is 0 Å². The lowest BCUT2D eigenvalue weighted by Gasteiger charge is -2.24. The maximum absolute atomic E-state index is 5.99. The van der Waals surface area contributed by atoms with Gasteiger partial charge in [-0.15, -0.1) is 0 Å². The predicted octanol–water partition coefficient (Wildman–Crippen LogP) is 5.03. The Morgan fingerprint density at radius 2 is 1.82 bits per heavy atom. The first-order valence-electron chi connectivity index (χ1n) is 6.67. The van der Waals surface area contributed by atoms with Gasteiger partial charge in [0, 0.05) is 46.4 Å². The Bertz CT molecular complexity index is 685. The van der Waals surface area contributed by atoms with Crippen LogP contribution in [0.5, 0.6) is 0 Å². The van der Waals surface area contributed by atoms with Crippen LogP contribution in [0.3, 0.4) is 0 Å². The molecule has 0 N–H and O–H groups in total. The van der Waals surface area contributed by atoms with Crippen molar-refractivity contribution in [2.24, 2.45) is 0 Å². The van der Waals surface area contributed by atoms with Gasteiger partial charge in [0.2, 0.25) is 0 Å². The van der Waals surface area contributed by atoms with Crippen LogP contribution in [0.15, 0.2) is 65.5 Å². The van der Waals surface area contributed by atoms with Gasteiger partial charge in [0.05, 0.1) is 0 Å². The van der Waals surface area contributed by atoms with Gasteiger partial charge in [-0.25, -0.2) is 4.98 Å². The highest BCUT2D eigenvalue weighted by Crippen LogP contribution is 2.27. The van der Waals surface area contributed by atoms with Crippen LogP contribution < -0.4 is 4.90 Å². The number of halogens is 2. The highest BCUT2D eigenvalue weighted by Gasteiger charge is 2.12. The van der Waals surface area contributed by atoms with Crippen molar-refractivity contribution in [1.29, 1.82) is 0 Å². The molecule has 0 aliphatic heterocycles. The van der Waals surface area contributed by atoms with Crippen LogP contribution in [0.25, 0.3) is 0 Å². The molecular weight excluding hydrogens is 362 g/mol. The number of hydrogen-bond donors (Lipinski definition) is 0. The first-order chi connectivity index (χ1) is 10.7. The third kappa shape index (κ3) is 3.64. The van der Waals surface area contributed by atoms with E-state index in [2.05, 4.69) is 36.9 Å². The summed E-state index contributed by atoms with van der Waals surface area (Å²) in [5, 5.41) is 0.709. The van der Waals surface area contributed by atoms with Crippen molar-refractivity contribution in [2.45, 2.75) is 6.54 Å². The van der Waals surface area contributed by atoms with Crippen molar-refractivity contribution in [1.82, 2.24) is 9.97 Å². The number of aromatic nitrogens is 2. The monoisotopic (exact) mass is 372 g/mol. The molecule has 1 radical (unpaired) electrons. The fourth-order valence-electron chi connectivity index (χ4n) is 2.06. The zero-order chi connectivity index (χ0) is 15.4. The molecule has 2 aromatic heterocycles. The van der Waals surface area contributed by atoms with Crippen molar-refractivity contribution in [3.05, 3.63) is 82.2 Å². The summed E-state index contributed by atoms with van der Waals surface area (Å²) in [4.78, 5) is 10.6. The van der Waals surface area contributed by atoms with E-state index >= 15 is 0 Å². The number of anilines is 2. The van der Waals surface area contributed by atoms with Crippen molar-refractivity contribution in [2.75, 3.05) is 4.90 Å². The Hall–Kier alpha value is -1.91. The van der Waals surface area contributed by atoms with Gasteiger partial charge in [-0.05, 0) is 64.0 Å². The Morgan fingerprint density at radius 3 is 2.45 bits per heavy atom. The molecule has 0 unspecified atom stereocenters. The van der Waals surface area contributed by atoms with Crippen LogP contribution in [-0.4, -0.2) is 9.97 Å². The number of rotatable bonds is 4. The summed E-state index contributed by atoms with van der Waals surface area (Å²) < 4.78 is 0.899. The largest absolute Gasteiger partial charge is 0.321 e. The van der Waals surface area contributed by atoms with E-state index in [1.165, 1.54) is 0 Å². The van der Waals surface area contributed by atoms with Gasteiger partial charge in [0.25, 0.3) is 0 Å². The quantitative estimate of drug-likeness (QED) is 0.642. The molecule has 0 amide bonds. The third-order valence-corrected chi connectivity index (χ3v) is 3.82. The molecule has 109 valence electrons. The zero-order valence-corrected chi connectivity index (χ0v) is 13.9. The van der Waals surface area contributed by atoms with Gasteiger partial charge >= 0.3 is 0 Å². The lowest BCUT2D eigenvalue weighted by Crippen LogP contribution is -2.17. The molecule has 3 nitrogen and oxygen atoms in total. The summed E-state index contributed by atoms with van der Waals surface area (Å²) in [5.74, 6) is 0.752. The van der Waals surface area contributed by atoms with E-state index in [1.54, 1.807) is 18.6 Å². The van der Waals surface area contributed by atoms with Gasteiger partial charge in [0.15, 0.2) is 0 Å². The van der Waals surface area contributed by atoms with Crippen molar-refractivity contribution >= 4 is 39.0 Å². The molecule has 1 aromatic carbocycles. The van der Waals surface area contributed by atoms with E-state index in [4.69, 9.17) is 11.6 Å². The van der Waals surface area contributed by atoms with E-state index in [-0.39, 0.29) is 0 Å². The van der Waals surface area contributed by atoms with Crippen LogP contribution >= 0.6 is 27.5 Å². The summed E-state index contributed by atoms with van der Waals surface area (Å²) in [5.41, 5.74) is 2.15. The second-order valence-electron chi connectivity index (χ2n) is 4.67. The minimum absolute atomic E-state index is 0.676. The summed E-state index contributed by atoms with van der Waals surface area (Å²) in [6, 6.07) is 16.7. The zero-order valence-electron chi connectivity index (χ0n) is 11.6. The topological polar surface area (TPSA) is 29.0 Å². The van der Waals surface area contributed by atoms with E-state index in [1.807, 2.05) is 42.5 Å². The molecule has 0 bridgehead atoms. The second kappa shape index (κ2) is 6.90. The fourth-order valence-corrected chi connectivity index (χ4v) is 2.40. The minimum atomic E-state index is 0.676. The molecule has 0 saturated carbocycles. The summed E-state index contributed by atoms with van der Waals surface area (Å²) in [6.07, 6.45) is 5.34. The van der Waals surface area contributed by atoms with Crippen molar-refractivity contribution in [3.63, 3.8) is 0 Å². The minimum Gasteiger partial charge on any atom is -0.321 e. The number of hydrogen-bond acceptors (Lipinski definition) is 3. The first kappa shape index (κ1) is 15.0. The van der Waals surface area contributed by atoms with Gasteiger partial charge in [0.1, 0.15) is 5.82 Å². The van der Waals surface area contributed by atoms with Gasteiger partial charge in [-0.3, -0.25) is 4.98 Å². The molecule has 0 fully saturated rings. The SMILES string of the molecule is Clc1ccc(N(Cc2ccncc2)c2[c]cc(Br)cn2)cc1. The summed E-state index contributed by atoms with van der Waals surface area (Å²) >= 11 is 9.38. The molecule has 0 aliphatic carbocycles. The predicted molar refractivity (Wildman–Crippen MR) is 92.3 cm³/mol. The smallest absolute Gasteiger partial charge is 0.141 e. The molecule has 2 heterocycles. The van der Waals surface area contributed by atoms with E-state index in [0.717, 1.165) is 21.5 Å². The van der Waals surface area contributed by atoms with Crippen LogP contribution in [0, 0.1) is 6.07 Å².